The molecule has 16 heavy (non-hydrogen) atoms. The molecule has 0 saturated heterocycles. The van der Waals surface area contributed by atoms with Crippen LogP contribution in [0.2, 0.25) is 0 Å². The van der Waals surface area contributed by atoms with Crippen LogP contribution in [0.15, 0.2) is 18.2 Å². The summed E-state index contributed by atoms with van der Waals surface area (Å²) in [5.41, 5.74) is 0.989. The first kappa shape index (κ1) is 12.8. The van der Waals surface area contributed by atoms with Crippen molar-refractivity contribution in [3.63, 3.8) is 0 Å². The molecular weight excluding hydrogens is 224 g/mol. The number of benzene rings is 1. The number of rotatable bonds is 5. The van der Waals surface area contributed by atoms with Crippen molar-refractivity contribution < 1.29 is 14.2 Å². The Labute approximate surface area is 101 Å². The first-order chi connectivity index (χ1) is 7.76. The van der Waals surface area contributed by atoms with E-state index in [-0.39, 0.29) is 0 Å². The van der Waals surface area contributed by atoms with Gasteiger partial charge in [-0.3, -0.25) is 0 Å². The molecule has 0 fully saturated rings. The predicted molar refractivity (Wildman–Crippen MR) is 69.0 cm³/mol. The summed E-state index contributed by atoms with van der Waals surface area (Å²) in [7, 11) is 4.79. The second-order valence-corrected chi connectivity index (χ2v) is 3.41. The van der Waals surface area contributed by atoms with Crippen LogP contribution in [0.25, 0.3) is 6.08 Å². The fraction of sp³-hybridized carbons (Fsp3) is 0.333. The van der Waals surface area contributed by atoms with Gasteiger partial charge >= 0.3 is 0 Å². The number of hydrogen-bond donors (Lipinski definition) is 1. The summed E-state index contributed by atoms with van der Waals surface area (Å²) in [5.74, 6) is 2.60. The van der Waals surface area contributed by atoms with Gasteiger partial charge in [0, 0.05) is 5.75 Å². The largest absolute Gasteiger partial charge is 0.493 e. The minimum absolute atomic E-state index is 0.605. The maximum Gasteiger partial charge on any atom is 0.203 e. The summed E-state index contributed by atoms with van der Waals surface area (Å²) in [6.07, 6.45) is 3.90. The third kappa shape index (κ3) is 2.85. The van der Waals surface area contributed by atoms with Crippen LogP contribution in [0.5, 0.6) is 17.2 Å². The van der Waals surface area contributed by atoms with Crippen LogP contribution in [-0.4, -0.2) is 27.1 Å². The van der Waals surface area contributed by atoms with Gasteiger partial charge in [0.05, 0.1) is 21.3 Å². The van der Waals surface area contributed by atoms with Crippen molar-refractivity contribution in [3.05, 3.63) is 23.8 Å². The van der Waals surface area contributed by atoms with E-state index in [0.717, 1.165) is 5.56 Å². The Morgan fingerprint density at radius 1 is 1.06 bits per heavy atom. The van der Waals surface area contributed by atoms with E-state index in [1.165, 1.54) is 0 Å². The molecule has 0 radical (unpaired) electrons. The highest BCUT2D eigenvalue weighted by molar-refractivity contribution is 7.80. The van der Waals surface area contributed by atoms with Gasteiger partial charge in [-0.1, -0.05) is 12.2 Å². The highest BCUT2D eigenvalue weighted by Crippen LogP contribution is 2.38. The van der Waals surface area contributed by atoms with Gasteiger partial charge in [-0.15, -0.1) is 0 Å². The number of methoxy groups -OCH3 is 3. The summed E-state index contributed by atoms with van der Waals surface area (Å²) in [5, 5.41) is 0. The Balaban J connectivity index is 3.20. The molecular formula is C12H16O3S. The van der Waals surface area contributed by atoms with E-state index in [4.69, 9.17) is 14.2 Å². The van der Waals surface area contributed by atoms with Crippen LogP contribution in [0.4, 0.5) is 0 Å². The van der Waals surface area contributed by atoms with Gasteiger partial charge in [-0.25, -0.2) is 0 Å². The maximum absolute atomic E-state index is 5.24. The van der Waals surface area contributed by atoms with Crippen LogP contribution in [0.3, 0.4) is 0 Å². The van der Waals surface area contributed by atoms with E-state index in [1.807, 2.05) is 24.3 Å². The molecule has 0 aliphatic rings. The molecule has 1 rings (SSSR count). The number of thiol groups is 1. The minimum Gasteiger partial charge on any atom is -0.493 e. The summed E-state index contributed by atoms with van der Waals surface area (Å²) < 4.78 is 15.7. The van der Waals surface area contributed by atoms with Crippen molar-refractivity contribution in [2.24, 2.45) is 0 Å². The van der Waals surface area contributed by atoms with Crippen LogP contribution >= 0.6 is 12.6 Å². The molecule has 0 bridgehead atoms. The Morgan fingerprint density at radius 3 is 2.00 bits per heavy atom. The molecule has 0 spiro atoms. The Kier molecular flexibility index (Phi) is 5.05. The van der Waals surface area contributed by atoms with E-state index < -0.39 is 0 Å². The van der Waals surface area contributed by atoms with Crippen molar-refractivity contribution in [1.82, 2.24) is 0 Å². The highest BCUT2D eigenvalue weighted by Gasteiger charge is 2.11. The van der Waals surface area contributed by atoms with Gasteiger partial charge in [0.15, 0.2) is 11.5 Å². The molecule has 88 valence electrons. The van der Waals surface area contributed by atoms with Gasteiger partial charge < -0.3 is 14.2 Å². The summed E-state index contributed by atoms with van der Waals surface area (Å²) in [6, 6.07) is 3.78. The molecule has 1 aromatic carbocycles. The Morgan fingerprint density at radius 2 is 1.62 bits per heavy atom. The molecule has 0 saturated carbocycles. The van der Waals surface area contributed by atoms with Gasteiger partial charge in [0.1, 0.15) is 0 Å². The number of ether oxygens (including phenoxy) is 3. The average Bonchev–Trinajstić information content (AvgIpc) is 2.34. The fourth-order valence-electron chi connectivity index (χ4n) is 1.39. The minimum atomic E-state index is 0.605. The normalized spacial score (nSPS) is 10.5. The molecule has 0 unspecified atom stereocenters. The average molecular weight is 240 g/mol. The molecule has 0 heterocycles. The van der Waals surface area contributed by atoms with Crippen LogP contribution in [0, 0.1) is 0 Å². The zero-order chi connectivity index (χ0) is 12.0. The molecule has 3 nitrogen and oxygen atoms in total. The van der Waals surface area contributed by atoms with Crippen molar-refractivity contribution in [2.45, 2.75) is 0 Å². The van der Waals surface area contributed by atoms with Gasteiger partial charge in [0.25, 0.3) is 0 Å². The predicted octanol–water partition coefficient (Wildman–Crippen LogP) is 2.66. The molecule has 0 atom stereocenters. The van der Waals surface area contributed by atoms with Gasteiger partial charge in [0.2, 0.25) is 5.75 Å². The Bertz CT molecular complexity index is 350. The number of hydrogen-bond acceptors (Lipinski definition) is 4. The van der Waals surface area contributed by atoms with Gasteiger partial charge in [-0.2, -0.15) is 12.6 Å². The van der Waals surface area contributed by atoms with Crippen molar-refractivity contribution >= 4 is 18.7 Å². The Hall–Kier alpha value is -1.29. The lowest BCUT2D eigenvalue weighted by molar-refractivity contribution is 0.324. The lowest BCUT2D eigenvalue weighted by Gasteiger charge is -2.12. The van der Waals surface area contributed by atoms with E-state index in [1.54, 1.807) is 21.3 Å². The molecule has 0 aliphatic heterocycles. The summed E-state index contributed by atoms with van der Waals surface area (Å²) >= 11 is 4.11. The summed E-state index contributed by atoms with van der Waals surface area (Å²) in [6.45, 7) is 0. The molecule has 0 aliphatic carbocycles. The van der Waals surface area contributed by atoms with E-state index in [9.17, 15) is 0 Å². The second-order valence-electron chi connectivity index (χ2n) is 3.04. The smallest absolute Gasteiger partial charge is 0.203 e. The zero-order valence-corrected chi connectivity index (χ0v) is 10.6. The molecule has 0 amide bonds. The second kappa shape index (κ2) is 6.33. The fourth-order valence-corrected chi connectivity index (χ4v) is 1.49. The standard InChI is InChI=1S/C12H16O3S/c1-13-10-7-9(5-4-6-16)8-11(14-2)12(10)15-3/h4-5,7-8,16H,6H2,1-3H3. The highest BCUT2D eigenvalue weighted by atomic mass is 32.1. The van der Waals surface area contributed by atoms with E-state index in [0.29, 0.717) is 23.0 Å². The third-order valence-corrected chi connectivity index (χ3v) is 2.31. The maximum atomic E-state index is 5.24. The lowest BCUT2D eigenvalue weighted by Crippen LogP contribution is -1.95. The van der Waals surface area contributed by atoms with Crippen LogP contribution < -0.4 is 14.2 Å². The molecule has 4 heteroatoms. The van der Waals surface area contributed by atoms with Crippen LogP contribution in [0.1, 0.15) is 5.56 Å². The van der Waals surface area contributed by atoms with Crippen molar-refractivity contribution in [1.29, 1.82) is 0 Å². The third-order valence-electron chi connectivity index (χ3n) is 2.10. The first-order valence-electron chi connectivity index (χ1n) is 4.84. The van der Waals surface area contributed by atoms with E-state index in [2.05, 4.69) is 12.6 Å². The van der Waals surface area contributed by atoms with Crippen LogP contribution in [-0.2, 0) is 0 Å². The van der Waals surface area contributed by atoms with Gasteiger partial charge in [-0.05, 0) is 17.7 Å². The molecule has 0 N–H and O–H groups in total. The topological polar surface area (TPSA) is 27.7 Å². The first-order valence-corrected chi connectivity index (χ1v) is 5.47. The molecule has 0 aromatic heterocycles. The lowest BCUT2D eigenvalue weighted by atomic mass is 10.1. The summed E-state index contributed by atoms with van der Waals surface area (Å²) in [4.78, 5) is 0. The van der Waals surface area contributed by atoms with Crippen molar-refractivity contribution in [3.8, 4) is 17.2 Å². The quantitative estimate of drug-likeness (QED) is 0.802. The van der Waals surface area contributed by atoms with Crippen molar-refractivity contribution in [2.75, 3.05) is 27.1 Å². The zero-order valence-electron chi connectivity index (χ0n) is 9.69. The van der Waals surface area contributed by atoms with E-state index >= 15 is 0 Å². The monoisotopic (exact) mass is 240 g/mol. The SMILES string of the molecule is COc1cc(C=CCS)cc(OC)c1OC. The molecule has 1 aromatic rings.